The fourth-order valence-electron chi connectivity index (χ4n) is 3.49. The molecule has 0 unspecified atom stereocenters. The van der Waals surface area contributed by atoms with Gasteiger partial charge in [0, 0.05) is 47.9 Å². The van der Waals surface area contributed by atoms with Crippen LogP contribution in [0.1, 0.15) is 54.5 Å². The van der Waals surface area contributed by atoms with Gasteiger partial charge in [0.15, 0.2) is 5.78 Å². The highest BCUT2D eigenvalue weighted by molar-refractivity contribution is 6.31. The number of piperidine rings is 1. The molecule has 0 bridgehead atoms. The van der Waals surface area contributed by atoms with Crippen LogP contribution in [0.3, 0.4) is 0 Å². The third-order valence-electron chi connectivity index (χ3n) is 4.83. The number of ketones is 1. The molecular weight excluding hydrogens is 334 g/mol. The van der Waals surface area contributed by atoms with E-state index in [1.807, 2.05) is 18.3 Å². The molecule has 5 heteroatoms. The summed E-state index contributed by atoms with van der Waals surface area (Å²) in [6.07, 6.45) is 7.28. The topological polar surface area (TPSA) is 49.0 Å². The van der Waals surface area contributed by atoms with Crippen molar-refractivity contribution in [1.29, 1.82) is 0 Å². The number of aryl methyl sites for hydroxylation is 1. The van der Waals surface area contributed by atoms with Crippen LogP contribution in [0.2, 0.25) is 5.02 Å². The average molecular weight is 360 g/mol. The van der Waals surface area contributed by atoms with Crippen LogP contribution >= 0.6 is 11.6 Å². The number of likely N-dealkylation sites (tertiary alicyclic amines) is 1. The number of nitrogens with zero attached hydrogens (tertiary/aromatic N) is 2. The van der Waals surface area contributed by atoms with E-state index in [1.54, 1.807) is 12.1 Å². The second kappa shape index (κ2) is 8.63. The summed E-state index contributed by atoms with van der Waals surface area (Å²) >= 11 is 6.03. The fraction of sp³-hybridized carbons (Fsp3) is 0.500. The first-order valence-corrected chi connectivity index (χ1v) is 9.58. The molecule has 0 saturated carbocycles. The first kappa shape index (κ1) is 18.2. The monoisotopic (exact) mass is 359 g/mol. The molecule has 2 heterocycles. The number of H-pyrrole nitrogens is 1. The van der Waals surface area contributed by atoms with Crippen LogP contribution in [0.15, 0.2) is 30.5 Å². The van der Waals surface area contributed by atoms with Gasteiger partial charge in [-0.3, -0.25) is 9.69 Å². The third-order valence-corrected chi connectivity index (χ3v) is 5.06. The summed E-state index contributed by atoms with van der Waals surface area (Å²) in [7, 11) is 0. The first-order chi connectivity index (χ1) is 12.2. The number of imidazole rings is 1. The Morgan fingerprint density at radius 2 is 2.32 bits per heavy atom. The van der Waals surface area contributed by atoms with Gasteiger partial charge in [0.25, 0.3) is 0 Å². The Morgan fingerprint density at radius 3 is 3.12 bits per heavy atom. The van der Waals surface area contributed by atoms with Gasteiger partial charge < -0.3 is 4.98 Å². The standard InChI is InChI=1S/C20H26ClN3O/c1-2-3-9-19-22-12-18(23-19)14-24-10-5-7-16(13-24)20(25)15-6-4-8-17(21)11-15/h4,6,8,11-12,16H,2-3,5,7,9-10,13-14H2,1H3,(H,22,23)/t16-/m0/s1. The Kier molecular flexibility index (Phi) is 6.27. The molecule has 1 aromatic carbocycles. The molecule has 3 rings (SSSR count). The van der Waals surface area contributed by atoms with Crippen LogP contribution in [-0.2, 0) is 13.0 Å². The highest BCUT2D eigenvalue weighted by atomic mass is 35.5. The minimum absolute atomic E-state index is 0.0506. The van der Waals surface area contributed by atoms with Gasteiger partial charge in [-0.2, -0.15) is 0 Å². The summed E-state index contributed by atoms with van der Waals surface area (Å²) < 4.78 is 0. The van der Waals surface area contributed by atoms with Gasteiger partial charge in [0.2, 0.25) is 0 Å². The molecule has 1 aliphatic rings. The van der Waals surface area contributed by atoms with Crippen LogP contribution in [0.5, 0.6) is 0 Å². The lowest BCUT2D eigenvalue weighted by molar-refractivity contribution is 0.0810. The number of hydrogen-bond acceptors (Lipinski definition) is 3. The number of aromatic nitrogens is 2. The van der Waals surface area contributed by atoms with E-state index in [-0.39, 0.29) is 11.7 Å². The second-order valence-electron chi connectivity index (χ2n) is 6.91. The number of benzene rings is 1. The summed E-state index contributed by atoms with van der Waals surface area (Å²) in [6.45, 7) is 4.85. The van der Waals surface area contributed by atoms with Gasteiger partial charge >= 0.3 is 0 Å². The first-order valence-electron chi connectivity index (χ1n) is 9.20. The third kappa shape index (κ3) is 4.93. The predicted octanol–water partition coefficient (Wildman–Crippen LogP) is 4.50. The van der Waals surface area contributed by atoms with Crippen LogP contribution in [0.4, 0.5) is 0 Å². The maximum Gasteiger partial charge on any atom is 0.167 e. The SMILES string of the molecule is CCCCc1ncc(CN2CCC[C@H](C(=O)c3cccc(Cl)c3)C2)[nH]1. The Balaban J connectivity index is 1.59. The van der Waals surface area contributed by atoms with E-state index < -0.39 is 0 Å². The highest BCUT2D eigenvalue weighted by Crippen LogP contribution is 2.23. The summed E-state index contributed by atoms with van der Waals surface area (Å²) in [5, 5.41) is 0.621. The Labute approximate surface area is 154 Å². The predicted molar refractivity (Wildman–Crippen MR) is 101 cm³/mol. The maximum atomic E-state index is 12.8. The number of hydrogen-bond donors (Lipinski definition) is 1. The Bertz CT molecular complexity index is 712. The molecule has 1 N–H and O–H groups in total. The minimum Gasteiger partial charge on any atom is -0.345 e. The van der Waals surface area contributed by atoms with Crippen molar-refractivity contribution in [3.8, 4) is 0 Å². The summed E-state index contributed by atoms with van der Waals surface area (Å²) in [4.78, 5) is 23.0. The number of rotatable bonds is 7. The lowest BCUT2D eigenvalue weighted by Gasteiger charge is -2.31. The van der Waals surface area contributed by atoms with E-state index in [0.717, 1.165) is 62.4 Å². The maximum absolute atomic E-state index is 12.8. The van der Waals surface area contributed by atoms with Crippen molar-refractivity contribution >= 4 is 17.4 Å². The van der Waals surface area contributed by atoms with Crippen molar-refractivity contribution in [1.82, 2.24) is 14.9 Å². The smallest absolute Gasteiger partial charge is 0.167 e. The second-order valence-corrected chi connectivity index (χ2v) is 7.34. The molecule has 134 valence electrons. The lowest BCUT2D eigenvalue weighted by atomic mass is 9.90. The van der Waals surface area contributed by atoms with Gasteiger partial charge in [-0.05, 0) is 37.9 Å². The number of unbranched alkanes of at least 4 members (excludes halogenated alkanes) is 1. The molecule has 1 aliphatic heterocycles. The van der Waals surface area contributed by atoms with E-state index in [1.165, 1.54) is 6.42 Å². The van der Waals surface area contributed by atoms with Gasteiger partial charge in [-0.25, -0.2) is 4.98 Å². The fourth-order valence-corrected chi connectivity index (χ4v) is 3.68. The van der Waals surface area contributed by atoms with Crippen molar-refractivity contribution in [3.63, 3.8) is 0 Å². The molecule has 1 fully saturated rings. The zero-order valence-electron chi connectivity index (χ0n) is 14.8. The molecule has 2 aromatic rings. The van der Waals surface area contributed by atoms with Crippen molar-refractivity contribution in [2.75, 3.05) is 13.1 Å². The van der Waals surface area contributed by atoms with Crippen LogP contribution < -0.4 is 0 Å². The van der Waals surface area contributed by atoms with E-state index >= 15 is 0 Å². The van der Waals surface area contributed by atoms with Crippen molar-refractivity contribution < 1.29 is 4.79 Å². The van der Waals surface area contributed by atoms with Crippen LogP contribution in [0, 0.1) is 5.92 Å². The number of carbonyl (C=O) groups is 1. The van der Waals surface area contributed by atoms with Crippen LogP contribution in [0.25, 0.3) is 0 Å². The Morgan fingerprint density at radius 1 is 1.44 bits per heavy atom. The zero-order chi connectivity index (χ0) is 17.6. The van der Waals surface area contributed by atoms with Crippen molar-refractivity contribution in [2.45, 2.75) is 45.6 Å². The molecule has 25 heavy (non-hydrogen) atoms. The van der Waals surface area contributed by atoms with Gasteiger partial charge in [0.1, 0.15) is 5.82 Å². The Hall–Kier alpha value is -1.65. The normalized spacial score (nSPS) is 18.4. The lowest BCUT2D eigenvalue weighted by Crippen LogP contribution is -2.38. The molecule has 1 aromatic heterocycles. The number of carbonyl (C=O) groups excluding carboxylic acids is 1. The van der Waals surface area contributed by atoms with E-state index in [2.05, 4.69) is 21.8 Å². The summed E-state index contributed by atoms with van der Waals surface area (Å²) in [6, 6.07) is 7.29. The van der Waals surface area contributed by atoms with Crippen molar-refractivity contribution in [3.05, 3.63) is 52.6 Å². The van der Waals surface area contributed by atoms with Gasteiger partial charge in [-0.15, -0.1) is 0 Å². The summed E-state index contributed by atoms with van der Waals surface area (Å²) in [5.74, 6) is 1.33. The van der Waals surface area contributed by atoms with E-state index in [9.17, 15) is 4.79 Å². The summed E-state index contributed by atoms with van der Waals surface area (Å²) in [5.41, 5.74) is 1.87. The number of nitrogens with one attached hydrogen (secondary N) is 1. The quantitative estimate of drug-likeness (QED) is 0.740. The van der Waals surface area contributed by atoms with E-state index in [0.29, 0.717) is 5.02 Å². The minimum atomic E-state index is 0.0506. The number of halogens is 1. The average Bonchev–Trinajstić information content (AvgIpc) is 3.07. The van der Waals surface area contributed by atoms with Gasteiger partial charge in [0.05, 0.1) is 0 Å². The molecule has 0 radical (unpaired) electrons. The molecule has 1 atom stereocenters. The van der Waals surface area contributed by atoms with Gasteiger partial charge in [-0.1, -0.05) is 37.1 Å². The molecule has 0 aliphatic carbocycles. The molecular formula is C20H26ClN3O. The highest BCUT2D eigenvalue weighted by Gasteiger charge is 2.27. The zero-order valence-corrected chi connectivity index (χ0v) is 15.6. The molecule has 1 saturated heterocycles. The molecule has 4 nitrogen and oxygen atoms in total. The number of aromatic amines is 1. The van der Waals surface area contributed by atoms with Crippen molar-refractivity contribution in [2.24, 2.45) is 5.92 Å². The van der Waals surface area contributed by atoms with E-state index in [4.69, 9.17) is 11.6 Å². The number of Topliss-reactive ketones (excluding diaryl/α,β-unsaturated/α-hetero) is 1. The molecule has 0 amide bonds. The molecule has 0 spiro atoms. The largest absolute Gasteiger partial charge is 0.345 e. The van der Waals surface area contributed by atoms with Crippen LogP contribution in [-0.4, -0.2) is 33.7 Å².